The van der Waals surface area contributed by atoms with E-state index in [1.54, 1.807) is 22.1 Å². The largest absolute Gasteiger partial charge is 0.475 e. The molecule has 5 heteroatoms. The number of carbonyl (C=O) groups is 1. The molecule has 4 nitrogen and oxygen atoms in total. The molecule has 0 unspecified atom stereocenters. The van der Waals surface area contributed by atoms with Gasteiger partial charge in [-0.05, 0) is 23.9 Å². The topological polar surface area (TPSA) is 55.1 Å². The van der Waals surface area contributed by atoms with Crippen LogP contribution in [0.3, 0.4) is 0 Å². The van der Waals surface area contributed by atoms with E-state index in [1.807, 2.05) is 12.3 Å². The van der Waals surface area contributed by atoms with Gasteiger partial charge in [-0.3, -0.25) is 0 Å². The van der Waals surface area contributed by atoms with E-state index in [9.17, 15) is 4.79 Å². The molecule has 2 rings (SSSR count). The third-order valence-electron chi connectivity index (χ3n) is 2.04. The average molecular weight is 222 g/mol. The summed E-state index contributed by atoms with van der Waals surface area (Å²) in [5, 5.41) is 10.9. The van der Waals surface area contributed by atoms with Gasteiger partial charge in [0.25, 0.3) is 0 Å². The summed E-state index contributed by atoms with van der Waals surface area (Å²) in [6.07, 6.45) is 3.18. The maximum absolute atomic E-state index is 10.8. The molecule has 0 saturated heterocycles. The number of carboxylic acids is 1. The van der Waals surface area contributed by atoms with Crippen molar-refractivity contribution in [2.75, 3.05) is 0 Å². The lowest BCUT2D eigenvalue weighted by atomic mass is 10.3. The van der Waals surface area contributed by atoms with Crippen LogP contribution < -0.4 is 0 Å². The molecular formula is C10H10N2O2S. The lowest BCUT2D eigenvalue weighted by Crippen LogP contribution is -2.09. The molecule has 2 heterocycles. The van der Waals surface area contributed by atoms with Crippen LogP contribution in [0, 0.1) is 6.92 Å². The first-order valence-corrected chi connectivity index (χ1v) is 5.33. The summed E-state index contributed by atoms with van der Waals surface area (Å²) in [6.45, 7) is 2.59. The number of aromatic carboxylic acids is 1. The van der Waals surface area contributed by atoms with Crippen LogP contribution >= 0.6 is 11.3 Å². The molecule has 0 aliphatic heterocycles. The number of hydrogen-bond donors (Lipinski definition) is 1. The number of carboxylic acid groups (broad SMARTS) is 1. The molecule has 0 aliphatic carbocycles. The second-order valence-electron chi connectivity index (χ2n) is 3.25. The van der Waals surface area contributed by atoms with E-state index in [4.69, 9.17) is 5.11 Å². The molecule has 0 atom stereocenters. The summed E-state index contributed by atoms with van der Waals surface area (Å²) in [5.74, 6) is -0.911. The SMILES string of the molecule is Cc1cc(Cn2ccnc2C(=O)O)cs1. The van der Waals surface area contributed by atoms with Gasteiger partial charge in [0.15, 0.2) is 0 Å². The monoisotopic (exact) mass is 222 g/mol. The summed E-state index contributed by atoms with van der Waals surface area (Å²) >= 11 is 1.66. The molecule has 0 saturated carbocycles. The minimum atomic E-state index is -0.994. The quantitative estimate of drug-likeness (QED) is 0.864. The summed E-state index contributed by atoms with van der Waals surface area (Å²) in [7, 11) is 0. The zero-order chi connectivity index (χ0) is 10.8. The number of hydrogen-bond acceptors (Lipinski definition) is 3. The van der Waals surface area contributed by atoms with Crippen LogP contribution in [-0.4, -0.2) is 20.6 Å². The molecule has 0 aliphatic rings. The molecule has 0 spiro atoms. The highest BCUT2D eigenvalue weighted by Crippen LogP contribution is 2.14. The predicted molar refractivity (Wildman–Crippen MR) is 57.3 cm³/mol. The van der Waals surface area contributed by atoms with Gasteiger partial charge in [0.2, 0.25) is 5.82 Å². The first kappa shape index (κ1) is 9.92. The predicted octanol–water partition coefficient (Wildman–Crippen LogP) is 2.00. The standard InChI is InChI=1S/C10H10N2O2S/c1-7-4-8(6-15-7)5-12-3-2-11-9(12)10(13)14/h2-4,6H,5H2,1H3,(H,13,14). The second-order valence-corrected chi connectivity index (χ2v) is 4.36. The summed E-state index contributed by atoms with van der Waals surface area (Å²) in [6, 6.07) is 2.05. The van der Waals surface area contributed by atoms with E-state index < -0.39 is 5.97 Å². The van der Waals surface area contributed by atoms with Crippen molar-refractivity contribution in [2.24, 2.45) is 0 Å². The number of thiophene rings is 1. The van der Waals surface area contributed by atoms with Crippen LogP contribution in [0.5, 0.6) is 0 Å². The maximum Gasteiger partial charge on any atom is 0.372 e. The Morgan fingerprint density at radius 2 is 2.47 bits per heavy atom. The Morgan fingerprint density at radius 1 is 1.67 bits per heavy atom. The lowest BCUT2D eigenvalue weighted by molar-refractivity contribution is 0.0679. The van der Waals surface area contributed by atoms with E-state index in [-0.39, 0.29) is 5.82 Å². The van der Waals surface area contributed by atoms with E-state index in [2.05, 4.69) is 11.1 Å². The molecule has 0 radical (unpaired) electrons. The van der Waals surface area contributed by atoms with Crippen molar-refractivity contribution in [1.29, 1.82) is 0 Å². The highest BCUT2D eigenvalue weighted by molar-refractivity contribution is 7.10. The van der Waals surface area contributed by atoms with Gasteiger partial charge in [0, 0.05) is 17.3 Å². The molecule has 2 aromatic rings. The maximum atomic E-state index is 10.8. The van der Waals surface area contributed by atoms with Gasteiger partial charge in [-0.1, -0.05) is 0 Å². The van der Waals surface area contributed by atoms with Crippen molar-refractivity contribution in [3.05, 3.63) is 40.1 Å². The highest BCUT2D eigenvalue weighted by atomic mass is 32.1. The van der Waals surface area contributed by atoms with Crippen LogP contribution in [0.25, 0.3) is 0 Å². The fourth-order valence-corrected chi connectivity index (χ4v) is 2.11. The first-order valence-electron chi connectivity index (χ1n) is 4.45. The normalized spacial score (nSPS) is 10.5. The zero-order valence-electron chi connectivity index (χ0n) is 8.17. The number of rotatable bonds is 3. The summed E-state index contributed by atoms with van der Waals surface area (Å²) in [4.78, 5) is 15.8. The molecule has 1 N–H and O–H groups in total. The van der Waals surface area contributed by atoms with Crippen LogP contribution in [-0.2, 0) is 6.54 Å². The Kier molecular flexibility index (Phi) is 2.55. The average Bonchev–Trinajstić information content (AvgIpc) is 2.75. The van der Waals surface area contributed by atoms with Crippen molar-refractivity contribution in [3.8, 4) is 0 Å². The van der Waals surface area contributed by atoms with Gasteiger partial charge >= 0.3 is 5.97 Å². The van der Waals surface area contributed by atoms with Crippen molar-refractivity contribution >= 4 is 17.3 Å². The summed E-state index contributed by atoms with van der Waals surface area (Å²) < 4.78 is 1.63. The Bertz CT molecular complexity index is 487. The molecule has 15 heavy (non-hydrogen) atoms. The van der Waals surface area contributed by atoms with Gasteiger partial charge in [0.05, 0.1) is 6.54 Å². The summed E-state index contributed by atoms with van der Waals surface area (Å²) in [5.41, 5.74) is 1.11. The number of aromatic nitrogens is 2. The third-order valence-corrected chi connectivity index (χ3v) is 2.95. The first-order chi connectivity index (χ1) is 7.16. The molecule has 78 valence electrons. The smallest absolute Gasteiger partial charge is 0.372 e. The Balaban J connectivity index is 2.24. The van der Waals surface area contributed by atoms with E-state index in [0.717, 1.165) is 5.56 Å². The van der Waals surface area contributed by atoms with Crippen LogP contribution in [0.15, 0.2) is 23.8 Å². The lowest BCUT2D eigenvalue weighted by Gasteiger charge is -2.02. The van der Waals surface area contributed by atoms with Gasteiger partial charge in [0.1, 0.15) is 0 Å². The van der Waals surface area contributed by atoms with Gasteiger partial charge in [-0.2, -0.15) is 0 Å². The number of nitrogens with zero attached hydrogens (tertiary/aromatic N) is 2. The Morgan fingerprint density at radius 3 is 3.07 bits per heavy atom. The second kappa shape index (κ2) is 3.86. The van der Waals surface area contributed by atoms with E-state index >= 15 is 0 Å². The molecule has 0 aromatic carbocycles. The van der Waals surface area contributed by atoms with E-state index in [0.29, 0.717) is 6.54 Å². The minimum Gasteiger partial charge on any atom is -0.475 e. The number of aryl methyl sites for hydroxylation is 1. The van der Waals surface area contributed by atoms with Gasteiger partial charge in [-0.25, -0.2) is 9.78 Å². The fraction of sp³-hybridized carbons (Fsp3) is 0.200. The highest BCUT2D eigenvalue weighted by Gasteiger charge is 2.10. The van der Waals surface area contributed by atoms with Crippen molar-refractivity contribution < 1.29 is 9.90 Å². The van der Waals surface area contributed by atoms with E-state index in [1.165, 1.54) is 11.1 Å². The van der Waals surface area contributed by atoms with Crippen LogP contribution in [0.4, 0.5) is 0 Å². The Hall–Kier alpha value is -1.62. The van der Waals surface area contributed by atoms with Crippen LogP contribution in [0.2, 0.25) is 0 Å². The molecule has 2 aromatic heterocycles. The Labute approximate surface area is 90.8 Å². The van der Waals surface area contributed by atoms with Gasteiger partial charge < -0.3 is 9.67 Å². The van der Waals surface area contributed by atoms with Gasteiger partial charge in [-0.15, -0.1) is 11.3 Å². The third kappa shape index (κ3) is 2.07. The number of imidazole rings is 1. The molecular weight excluding hydrogens is 212 g/mol. The van der Waals surface area contributed by atoms with Crippen molar-refractivity contribution in [3.63, 3.8) is 0 Å². The van der Waals surface area contributed by atoms with Crippen LogP contribution in [0.1, 0.15) is 21.1 Å². The fourth-order valence-electron chi connectivity index (χ4n) is 1.41. The minimum absolute atomic E-state index is 0.0823. The van der Waals surface area contributed by atoms with Crippen molar-refractivity contribution in [1.82, 2.24) is 9.55 Å². The van der Waals surface area contributed by atoms with Crippen molar-refractivity contribution in [2.45, 2.75) is 13.5 Å². The zero-order valence-corrected chi connectivity index (χ0v) is 8.99. The molecule has 0 fully saturated rings. The molecule has 0 amide bonds. The molecule has 0 bridgehead atoms.